The van der Waals surface area contributed by atoms with Gasteiger partial charge in [-0.05, 0) is 34.1 Å². The van der Waals surface area contributed by atoms with Gasteiger partial charge in [-0.1, -0.05) is 13.8 Å². The lowest BCUT2D eigenvalue weighted by molar-refractivity contribution is -0.147. The zero-order valence-corrected chi connectivity index (χ0v) is 11.5. The smallest absolute Gasteiger partial charge is 0.345 e. The van der Waals surface area contributed by atoms with Gasteiger partial charge in [-0.2, -0.15) is 0 Å². The van der Waals surface area contributed by atoms with E-state index in [1.807, 2.05) is 0 Å². The van der Waals surface area contributed by atoms with Crippen molar-refractivity contribution in [3.8, 4) is 11.5 Å². The minimum Gasteiger partial charge on any atom is -0.497 e. The maximum absolute atomic E-state index is 11.0. The maximum Gasteiger partial charge on any atom is 0.345 e. The minimum absolute atomic E-state index is 0.110. The van der Waals surface area contributed by atoms with Crippen molar-refractivity contribution in [3.63, 3.8) is 0 Å². The fourth-order valence-electron chi connectivity index (χ4n) is 1.31. The van der Waals surface area contributed by atoms with E-state index < -0.39 is 12.1 Å². The largest absolute Gasteiger partial charge is 0.497 e. The Kier molecular flexibility index (Phi) is 4.81. The monoisotopic (exact) mass is 302 g/mol. The summed E-state index contributed by atoms with van der Waals surface area (Å²) in [6.45, 7) is 3.60. The van der Waals surface area contributed by atoms with Crippen LogP contribution in [-0.4, -0.2) is 24.3 Å². The van der Waals surface area contributed by atoms with Crippen LogP contribution in [0.3, 0.4) is 0 Å². The first-order valence-electron chi connectivity index (χ1n) is 5.18. The molecule has 94 valence electrons. The molecule has 0 saturated heterocycles. The molecule has 1 unspecified atom stereocenters. The van der Waals surface area contributed by atoms with E-state index in [0.717, 1.165) is 0 Å². The van der Waals surface area contributed by atoms with Crippen LogP contribution in [0.5, 0.6) is 11.5 Å². The van der Waals surface area contributed by atoms with E-state index >= 15 is 0 Å². The molecule has 17 heavy (non-hydrogen) atoms. The van der Waals surface area contributed by atoms with Crippen molar-refractivity contribution < 1.29 is 19.4 Å². The number of hydrogen-bond acceptors (Lipinski definition) is 3. The number of carboxylic acids is 1. The minimum atomic E-state index is -0.970. The molecule has 0 heterocycles. The molecule has 0 bridgehead atoms. The van der Waals surface area contributed by atoms with Crippen molar-refractivity contribution >= 4 is 21.9 Å². The first-order valence-corrected chi connectivity index (χ1v) is 5.98. The molecule has 0 saturated carbocycles. The highest BCUT2D eigenvalue weighted by atomic mass is 79.9. The van der Waals surface area contributed by atoms with E-state index in [1.165, 1.54) is 0 Å². The molecule has 1 N–H and O–H groups in total. The number of aliphatic carboxylic acids is 1. The van der Waals surface area contributed by atoms with Gasteiger partial charge in [0.1, 0.15) is 11.5 Å². The number of ether oxygens (including phenoxy) is 2. The number of halogens is 1. The zero-order valence-electron chi connectivity index (χ0n) is 9.94. The van der Waals surface area contributed by atoms with Gasteiger partial charge in [0.05, 0.1) is 11.6 Å². The van der Waals surface area contributed by atoms with E-state index in [4.69, 9.17) is 14.6 Å². The molecule has 0 aromatic heterocycles. The van der Waals surface area contributed by atoms with Crippen LogP contribution in [0.15, 0.2) is 22.7 Å². The predicted octanol–water partition coefficient (Wildman–Crippen LogP) is 2.95. The summed E-state index contributed by atoms with van der Waals surface area (Å²) in [5.74, 6) is 0.0942. The highest BCUT2D eigenvalue weighted by Crippen LogP contribution is 2.30. The normalized spacial score (nSPS) is 12.3. The van der Waals surface area contributed by atoms with Crippen LogP contribution in [0, 0.1) is 5.92 Å². The van der Waals surface area contributed by atoms with Gasteiger partial charge in [0.2, 0.25) is 0 Å². The van der Waals surface area contributed by atoms with Gasteiger partial charge in [-0.3, -0.25) is 0 Å². The van der Waals surface area contributed by atoms with Gasteiger partial charge >= 0.3 is 5.97 Å². The van der Waals surface area contributed by atoms with Crippen LogP contribution in [0.2, 0.25) is 0 Å². The van der Waals surface area contributed by atoms with Crippen LogP contribution in [0.1, 0.15) is 13.8 Å². The summed E-state index contributed by atoms with van der Waals surface area (Å²) in [7, 11) is 1.57. The van der Waals surface area contributed by atoms with Crippen LogP contribution in [-0.2, 0) is 4.79 Å². The van der Waals surface area contributed by atoms with Crippen molar-refractivity contribution in [2.24, 2.45) is 5.92 Å². The molecule has 0 amide bonds. The number of carboxylic acid groups (broad SMARTS) is 1. The van der Waals surface area contributed by atoms with Crippen LogP contribution in [0.4, 0.5) is 0 Å². The van der Waals surface area contributed by atoms with Gasteiger partial charge in [0.15, 0.2) is 6.10 Å². The molecule has 4 nitrogen and oxygen atoms in total. The third-order valence-corrected chi connectivity index (χ3v) is 2.86. The lowest BCUT2D eigenvalue weighted by Gasteiger charge is -2.19. The third kappa shape index (κ3) is 3.63. The highest BCUT2D eigenvalue weighted by molar-refractivity contribution is 9.10. The Labute approximate surface area is 109 Å². The van der Waals surface area contributed by atoms with Crippen molar-refractivity contribution in [3.05, 3.63) is 22.7 Å². The van der Waals surface area contributed by atoms with Crippen LogP contribution in [0.25, 0.3) is 0 Å². The van der Waals surface area contributed by atoms with Crippen LogP contribution >= 0.6 is 15.9 Å². The Morgan fingerprint density at radius 2 is 2.06 bits per heavy atom. The molecule has 5 heteroatoms. The number of carbonyl (C=O) groups is 1. The van der Waals surface area contributed by atoms with E-state index in [9.17, 15) is 4.79 Å². The molecule has 1 aromatic rings. The molecule has 1 aromatic carbocycles. The molecule has 0 spiro atoms. The van der Waals surface area contributed by atoms with Crippen molar-refractivity contribution in [1.29, 1.82) is 0 Å². The lowest BCUT2D eigenvalue weighted by Crippen LogP contribution is -2.32. The van der Waals surface area contributed by atoms with Gasteiger partial charge in [-0.15, -0.1) is 0 Å². The Hall–Kier alpha value is -1.23. The average Bonchev–Trinajstić information content (AvgIpc) is 2.26. The van der Waals surface area contributed by atoms with Crippen molar-refractivity contribution in [2.75, 3.05) is 7.11 Å². The topological polar surface area (TPSA) is 55.8 Å². The van der Waals surface area contributed by atoms with E-state index in [0.29, 0.717) is 16.0 Å². The van der Waals surface area contributed by atoms with Crippen molar-refractivity contribution in [1.82, 2.24) is 0 Å². The van der Waals surface area contributed by atoms with Gasteiger partial charge in [0, 0.05) is 5.92 Å². The molecule has 0 aliphatic heterocycles. The molecule has 0 aliphatic carbocycles. The Morgan fingerprint density at radius 1 is 1.41 bits per heavy atom. The molecular weight excluding hydrogens is 288 g/mol. The fraction of sp³-hybridized carbons (Fsp3) is 0.417. The van der Waals surface area contributed by atoms with Crippen LogP contribution < -0.4 is 9.47 Å². The van der Waals surface area contributed by atoms with Gasteiger partial charge < -0.3 is 14.6 Å². The second-order valence-electron chi connectivity index (χ2n) is 3.92. The van der Waals surface area contributed by atoms with Gasteiger partial charge in [-0.25, -0.2) is 4.79 Å². The Morgan fingerprint density at radius 3 is 2.47 bits per heavy atom. The molecule has 1 atom stereocenters. The summed E-state index contributed by atoms with van der Waals surface area (Å²) < 4.78 is 11.2. The SMILES string of the molecule is COc1ccc(OC(C(=O)O)C(C)C)c(Br)c1. The summed E-state index contributed by atoms with van der Waals surface area (Å²) in [5, 5.41) is 9.03. The lowest BCUT2D eigenvalue weighted by atomic mass is 10.1. The summed E-state index contributed by atoms with van der Waals surface area (Å²) >= 11 is 3.32. The number of methoxy groups -OCH3 is 1. The first-order chi connectivity index (χ1) is 7.95. The van der Waals surface area contributed by atoms with Gasteiger partial charge in [0.25, 0.3) is 0 Å². The summed E-state index contributed by atoms with van der Waals surface area (Å²) in [4.78, 5) is 11.0. The number of hydrogen-bond donors (Lipinski definition) is 1. The molecule has 0 fully saturated rings. The Bertz CT molecular complexity index is 403. The standard InChI is InChI=1S/C12H15BrO4/c1-7(2)11(12(14)15)17-10-5-4-8(16-3)6-9(10)13/h4-7,11H,1-3H3,(H,14,15). The summed E-state index contributed by atoms with van der Waals surface area (Å²) in [6.07, 6.45) is -0.861. The quantitative estimate of drug-likeness (QED) is 0.908. The summed E-state index contributed by atoms with van der Waals surface area (Å²) in [5.41, 5.74) is 0. The van der Waals surface area contributed by atoms with E-state index in [1.54, 1.807) is 39.2 Å². The predicted molar refractivity (Wildman–Crippen MR) is 67.6 cm³/mol. The highest BCUT2D eigenvalue weighted by Gasteiger charge is 2.24. The number of rotatable bonds is 5. The summed E-state index contributed by atoms with van der Waals surface area (Å²) in [6, 6.07) is 5.13. The molecule has 0 radical (unpaired) electrons. The van der Waals surface area contributed by atoms with E-state index in [-0.39, 0.29) is 5.92 Å². The fourth-order valence-corrected chi connectivity index (χ4v) is 1.76. The second kappa shape index (κ2) is 5.91. The first kappa shape index (κ1) is 13.8. The number of benzene rings is 1. The Balaban J connectivity index is 2.90. The average molecular weight is 303 g/mol. The molecule has 1 rings (SSSR count). The maximum atomic E-state index is 11.0. The van der Waals surface area contributed by atoms with Crippen molar-refractivity contribution in [2.45, 2.75) is 20.0 Å². The molecule has 0 aliphatic rings. The second-order valence-corrected chi connectivity index (χ2v) is 4.77. The van der Waals surface area contributed by atoms with E-state index in [2.05, 4.69) is 15.9 Å². The zero-order chi connectivity index (χ0) is 13.0. The molecular formula is C12H15BrO4. The third-order valence-electron chi connectivity index (χ3n) is 2.24.